The fourth-order valence-electron chi connectivity index (χ4n) is 1.63. The van der Waals surface area contributed by atoms with Crippen molar-refractivity contribution in [2.75, 3.05) is 14.2 Å². The number of rotatable bonds is 3. The minimum atomic E-state index is -0.226. The zero-order valence-corrected chi connectivity index (χ0v) is 12.5. The quantitative estimate of drug-likeness (QED) is 0.686. The number of ether oxygens (including phenoxy) is 2. The van der Waals surface area contributed by atoms with Gasteiger partial charge in [-0.3, -0.25) is 4.79 Å². The first-order valence-electron chi connectivity index (χ1n) is 5.21. The molecule has 1 saturated heterocycles. The van der Waals surface area contributed by atoms with Crippen molar-refractivity contribution in [3.63, 3.8) is 0 Å². The van der Waals surface area contributed by atoms with E-state index in [9.17, 15) is 4.79 Å². The van der Waals surface area contributed by atoms with Gasteiger partial charge in [0.15, 0.2) is 11.5 Å². The van der Waals surface area contributed by atoms with Gasteiger partial charge in [-0.05, 0) is 12.1 Å². The van der Waals surface area contributed by atoms with Gasteiger partial charge in [0.25, 0.3) is 5.91 Å². The monoisotopic (exact) mass is 315 g/mol. The number of nitrogens with one attached hydrogen (secondary N) is 1. The largest absolute Gasteiger partial charge is 0.493 e. The van der Waals surface area contributed by atoms with Gasteiger partial charge < -0.3 is 14.8 Å². The van der Waals surface area contributed by atoms with Gasteiger partial charge in [0, 0.05) is 16.7 Å². The molecule has 0 aliphatic carbocycles. The van der Waals surface area contributed by atoms with Crippen molar-refractivity contribution in [2.45, 2.75) is 0 Å². The summed E-state index contributed by atoms with van der Waals surface area (Å²) in [6.45, 7) is 0. The SMILES string of the molecule is COc1cc(Cl)cc(/C=C2\SC(=S)NC2=O)c1OC. The fourth-order valence-corrected chi connectivity index (χ4v) is 2.88. The second-order valence-corrected chi connectivity index (χ2v) is 5.74. The molecule has 2 rings (SSSR count). The molecule has 19 heavy (non-hydrogen) atoms. The number of carbonyl (C=O) groups is 1. The van der Waals surface area contributed by atoms with Crippen LogP contribution in [0.15, 0.2) is 17.0 Å². The van der Waals surface area contributed by atoms with Crippen molar-refractivity contribution in [3.05, 3.63) is 27.6 Å². The Bertz CT molecular complexity index is 587. The Balaban J connectivity index is 2.50. The van der Waals surface area contributed by atoms with Gasteiger partial charge in [-0.1, -0.05) is 35.6 Å². The first-order valence-corrected chi connectivity index (χ1v) is 6.81. The highest BCUT2D eigenvalue weighted by atomic mass is 35.5. The molecule has 1 amide bonds. The number of hydrogen-bond acceptors (Lipinski definition) is 5. The number of methoxy groups -OCH3 is 2. The molecule has 1 aliphatic rings. The second-order valence-electron chi connectivity index (χ2n) is 3.58. The standard InChI is InChI=1S/C12H10ClNO3S2/c1-16-8-5-7(13)3-6(10(8)17-2)4-9-11(15)14-12(18)19-9/h3-5H,1-2H3,(H,14,15,18)/b9-4-. The Hall–Kier alpha value is -1.24. The van der Waals surface area contributed by atoms with Crippen LogP contribution >= 0.6 is 35.6 Å². The molecule has 0 radical (unpaired) electrons. The third-order valence-electron chi connectivity index (χ3n) is 2.40. The van der Waals surface area contributed by atoms with Crippen LogP contribution < -0.4 is 14.8 Å². The first kappa shape index (κ1) is 14.2. The van der Waals surface area contributed by atoms with Crippen molar-refractivity contribution in [1.82, 2.24) is 5.32 Å². The Morgan fingerprint density at radius 2 is 2.11 bits per heavy atom. The molecule has 1 aromatic rings. The van der Waals surface area contributed by atoms with Gasteiger partial charge in [-0.15, -0.1) is 0 Å². The highest BCUT2D eigenvalue weighted by molar-refractivity contribution is 8.26. The van der Waals surface area contributed by atoms with Gasteiger partial charge in [0.05, 0.1) is 19.1 Å². The van der Waals surface area contributed by atoms with Crippen LogP contribution in [0.4, 0.5) is 0 Å². The molecule has 100 valence electrons. The average molecular weight is 316 g/mol. The van der Waals surface area contributed by atoms with E-state index in [4.69, 9.17) is 33.3 Å². The van der Waals surface area contributed by atoms with Crippen LogP contribution in [0.1, 0.15) is 5.56 Å². The van der Waals surface area contributed by atoms with E-state index >= 15 is 0 Å². The van der Waals surface area contributed by atoms with Crippen LogP contribution in [0.5, 0.6) is 11.5 Å². The zero-order chi connectivity index (χ0) is 14.0. The molecule has 0 aromatic heterocycles. The Labute approximate surface area is 125 Å². The Morgan fingerprint density at radius 3 is 2.63 bits per heavy atom. The summed E-state index contributed by atoms with van der Waals surface area (Å²) >= 11 is 12.1. The van der Waals surface area contributed by atoms with E-state index < -0.39 is 0 Å². The molecular formula is C12H10ClNO3S2. The van der Waals surface area contributed by atoms with Crippen LogP contribution in [0.25, 0.3) is 6.08 Å². The van der Waals surface area contributed by atoms with Crippen molar-refractivity contribution in [2.24, 2.45) is 0 Å². The summed E-state index contributed by atoms with van der Waals surface area (Å²) in [7, 11) is 3.05. The zero-order valence-electron chi connectivity index (χ0n) is 10.2. The lowest BCUT2D eigenvalue weighted by molar-refractivity contribution is -0.115. The van der Waals surface area contributed by atoms with Crippen molar-refractivity contribution >= 4 is 51.9 Å². The molecule has 1 fully saturated rings. The van der Waals surface area contributed by atoms with Crippen LogP contribution in [0.3, 0.4) is 0 Å². The minimum absolute atomic E-state index is 0.226. The molecule has 1 N–H and O–H groups in total. The maximum Gasteiger partial charge on any atom is 0.263 e. The predicted octanol–water partition coefficient (Wildman–Crippen LogP) is 2.85. The van der Waals surface area contributed by atoms with Crippen LogP contribution in [-0.4, -0.2) is 24.4 Å². The molecule has 1 aliphatic heterocycles. The van der Waals surface area contributed by atoms with Crippen molar-refractivity contribution < 1.29 is 14.3 Å². The fraction of sp³-hybridized carbons (Fsp3) is 0.167. The maximum absolute atomic E-state index is 11.6. The van der Waals surface area contributed by atoms with Gasteiger partial charge in [-0.2, -0.15) is 0 Å². The van der Waals surface area contributed by atoms with E-state index in [1.165, 1.54) is 26.0 Å². The predicted molar refractivity (Wildman–Crippen MR) is 80.9 cm³/mol. The molecule has 0 saturated carbocycles. The normalized spacial score (nSPS) is 16.7. The minimum Gasteiger partial charge on any atom is -0.493 e. The van der Waals surface area contributed by atoms with Gasteiger partial charge >= 0.3 is 0 Å². The molecule has 0 unspecified atom stereocenters. The van der Waals surface area contributed by atoms with E-state index in [2.05, 4.69) is 5.32 Å². The highest BCUT2D eigenvalue weighted by Crippen LogP contribution is 2.37. The van der Waals surface area contributed by atoms with E-state index in [0.29, 0.717) is 31.3 Å². The molecule has 4 nitrogen and oxygen atoms in total. The van der Waals surface area contributed by atoms with Crippen LogP contribution in [-0.2, 0) is 4.79 Å². The Morgan fingerprint density at radius 1 is 1.37 bits per heavy atom. The summed E-state index contributed by atoms with van der Waals surface area (Å²) in [5, 5.41) is 3.05. The smallest absolute Gasteiger partial charge is 0.263 e. The number of halogens is 1. The molecule has 1 heterocycles. The molecule has 0 spiro atoms. The average Bonchev–Trinajstić information content (AvgIpc) is 2.67. The van der Waals surface area contributed by atoms with E-state index in [-0.39, 0.29) is 5.91 Å². The first-order chi connectivity index (χ1) is 9.05. The van der Waals surface area contributed by atoms with E-state index in [1.54, 1.807) is 18.2 Å². The second kappa shape index (κ2) is 5.81. The third kappa shape index (κ3) is 3.02. The van der Waals surface area contributed by atoms with E-state index in [0.717, 1.165) is 0 Å². The van der Waals surface area contributed by atoms with Gasteiger partial charge in [0.2, 0.25) is 0 Å². The Kier molecular flexibility index (Phi) is 4.34. The molecule has 0 bridgehead atoms. The number of thiocarbonyl (C=S) groups is 1. The lowest BCUT2D eigenvalue weighted by Crippen LogP contribution is -2.17. The molecule has 7 heteroatoms. The van der Waals surface area contributed by atoms with Gasteiger partial charge in [-0.25, -0.2) is 0 Å². The number of amides is 1. The van der Waals surface area contributed by atoms with Gasteiger partial charge in [0.1, 0.15) is 4.32 Å². The number of benzene rings is 1. The number of thioether (sulfide) groups is 1. The van der Waals surface area contributed by atoms with Crippen LogP contribution in [0, 0.1) is 0 Å². The number of hydrogen-bond donors (Lipinski definition) is 1. The van der Waals surface area contributed by atoms with Crippen molar-refractivity contribution in [1.29, 1.82) is 0 Å². The highest BCUT2D eigenvalue weighted by Gasteiger charge is 2.23. The van der Waals surface area contributed by atoms with E-state index in [1.807, 2.05) is 0 Å². The van der Waals surface area contributed by atoms with Crippen molar-refractivity contribution in [3.8, 4) is 11.5 Å². The number of carbonyl (C=O) groups excluding carboxylic acids is 1. The topological polar surface area (TPSA) is 47.6 Å². The summed E-state index contributed by atoms with van der Waals surface area (Å²) in [6.07, 6.45) is 1.67. The summed E-state index contributed by atoms with van der Waals surface area (Å²) in [5.41, 5.74) is 0.661. The summed E-state index contributed by atoms with van der Waals surface area (Å²) < 4.78 is 10.9. The molecular weight excluding hydrogens is 306 g/mol. The summed E-state index contributed by atoms with van der Waals surface area (Å²) in [5.74, 6) is 0.800. The lowest BCUT2D eigenvalue weighted by Gasteiger charge is -2.11. The summed E-state index contributed by atoms with van der Waals surface area (Å²) in [6, 6.07) is 3.35. The van der Waals surface area contributed by atoms with Crippen LogP contribution in [0.2, 0.25) is 5.02 Å². The lowest BCUT2D eigenvalue weighted by atomic mass is 10.1. The maximum atomic E-state index is 11.6. The third-order valence-corrected chi connectivity index (χ3v) is 3.78. The molecule has 0 atom stereocenters. The summed E-state index contributed by atoms with van der Waals surface area (Å²) in [4.78, 5) is 12.1. The molecule has 1 aromatic carbocycles.